The number of aromatic nitrogens is 1. The molecule has 1 aromatic heterocycles. The molecule has 4 heteroatoms. The fraction of sp³-hybridized carbons (Fsp3) is 0.294. The number of ether oxygens (including phenoxy) is 1. The van der Waals surface area contributed by atoms with E-state index in [1.165, 1.54) is 0 Å². The van der Waals surface area contributed by atoms with Gasteiger partial charge in [0, 0.05) is 24.1 Å². The van der Waals surface area contributed by atoms with Gasteiger partial charge in [-0.05, 0) is 36.6 Å². The highest BCUT2D eigenvalue weighted by atomic mass is 16.5. The van der Waals surface area contributed by atoms with Crippen LogP contribution in [0.5, 0.6) is 5.75 Å². The van der Waals surface area contributed by atoms with Gasteiger partial charge in [-0.1, -0.05) is 19.9 Å². The number of pyridine rings is 1. The van der Waals surface area contributed by atoms with Crippen LogP contribution in [0, 0.1) is 5.92 Å². The third kappa shape index (κ3) is 4.91. The van der Waals surface area contributed by atoms with E-state index in [1.54, 1.807) is 24.5 Å². The van der Waals surface area contributed by atoms with Gasteiger partial charge in [0.15, 0.2) is 0 Å². The van der Waals surface area contributed by atoms with Crippen molar-refractivity contribution >= 4 is 11.6 Å². The van der Waals surface area contributed by atoms with E-state index in [2.05, 4.69) is 24.1 Å². The van der Waals surface area contributed by atoms with Gasteiger partial charge in [0.1, 0.15) is 5.75 Å². The summed E-state index contributed by atoms with van der Waals surface area (Å²) in [7, 11) is 0. The van der Waals surface area contributed by atoms with Crippen molar-refractivity contribution in [3.63, 3.8) is 0 Å². The number of carbonyl (C=O) groups is 1. The average molecular weight is 284 g/mol. The molecule has 2 rings (SSSR count). The fourth-order valence-electron chi connectivity index (χ4n) is 1.78. The van der Waals surface area contributed by atoms with Gasteiger partial charge in [-0.3, -0.25) is 9.78 Å². The van der Waals surface area contributed by atoms with Gasteiger partial charge in [-0.15, -0.1) is 0 Å². The van der Waals surface area contributed by atoms with Crippen molar-refractivity contribution in [2.24, 2.45) is 5.92 Å². The summed E-state index contributed by atoms with van der Waals surface area (Å²) in [6, 6.07) is 10.9. The minimum absolute atomic E-state index is 0.178. The Morgan fingerprint density at radius 2 is 2.14 bits per heavy atom. The minimum atomic E-state index is -0.178. The number of nitrogens with one attached hydrogen (secondary N) is 1. The first-order chi connectivity index (χ1) is 10.1. The lowest BCUT2D eigenvalue weighted by molar-refractivity contribution is 0.102. The summed E-state index contributed by atoms with van der Waals surface area (Å²) in [6.07, 6.45) is 4.19. The third-order valence-corrected chi connectivity index (χ3v) is 2.98. The fourth-order valence-corrected chi connectivity index (χ4v) is 1.78. The molecule has 1 amide bonds. The number of nitrogens with zero attached hydrogens (tertiary/aromatic N) is 1. The number of rotatable bonds is 6. The zero-order valence-corrected chi connectivity index (χ0v) is 12.4. The molecule has 0 saturated heterocycles. The second kappa shape index (κ2) is 7.43. The van der Waals surface area contributed by atoms with Gasteiger partial charge >= 0.3 is 0 Å². The molecule has 0 aliphatic carbocycles. The third-order valence-electron chi connectivity index (χ3n) is 2.98. The summed E-state index contributed by atoms with van der Waals surface area (Å²) >= 11 is 0. The van der Waals surface area contributed by atoms with Gasteiger partial charge in [-0.25, -0.2) is 0 Å². The molecule has 0 atom stereocenters. The Hall–Kier alpha value is -2.36. The second-order valence-corrected chi connectivity index (χ2v) is 5.25. The van der Waals surface area contributed by atoms with Crippen molar-refractivity contribution in [1.29, 1.82) is 0 Å². The standard InChI is InChI=1S/C17H20N2O2/c1-13(2)8-10-21-16-7-3-6-15(11-16)19-17(20)14-5-4-9-18-12-14/h3-7,9,11-13H,8,10H2,1-2H3,(H,19,20). The van der Waals surface area contributed by atoms with Gasteiger partial charge in [0.2, 0.25) is 0 Å². The van der Waals surface area contributed by atoms with Gasteiger partial charge in [0.05, 0.1) is 12.2 Å². The topological polar surface area (TPSA) is 51.2 Å². The van der Waals surface area contributed by atoms with Crippen LogP contribution < -0.4 is 10.1 Å². The molecular formula is C17H20N2O2. The first kappa shape index (κ1) is 15.0. The Balaban J connectivity index is 1.96. The molecule has 21 heavy (non-hydrogen) atoms. The van der Waals surface area contributed by atoms with Crippen LogP contribution in [0.1, 0.15) is 30.6 Å². The number of carbonyl (C=O) groups excluding carboxylic acids is 1. The predicted octanol–water partition coefficient (Wildman–Crippen LogP) is 3.76. The zero-order valence-electron chi connectivity index (χ0n) is 12.4. The Labute approximate surface area is 125 Å². The van der Waals surface area contributed by atoms with Gasteiger partial charge in [0.25, 0.3) is 5.91 Å². The van der Waals surface area contributed by atoms with Crippen LogP contribution in [0.25, 0.3) is 0 Å². The number of hydrogen-bond donors (Lipinski definition) is 1. The van der Waals surface area contributed by atoms with Crippen LogP contribution in [0.15, 0.2) is 48.8 Å². The first-order valence-corrected chi connectivity index (χ1v) is 7.09. The van der Waals surface area contributed by atoms with E-state index in [1.807, 2.05) is 24.3 Å². The molecule has 0 bridgehead atoms. The largest absolute Gasteiger partial charge is 0.494 e. The van der Waals surface area contributed by atoms with Crippen molar-refractivity contribution in [2.75, 3.05) is 11.9 Å². The van der Waals surface area contributed by atoms with Gasteiger partial charge < -0.3 is 10.1 Å². The first-order valence-electron chi connectivity index (χ1n) is 7.09. The number of amides is 1. The highest BCUT2D eigenvalue weighted by Crippen LogP contribution is 2.18. The van der Waals surface area contributed by atoms with E-state index in [-0.39, 0.29) is 5.91 Å². The van der Waals surface area contributed by atoms with Crippen LogP contribution >= 0.6 is 0 Å². The Morgan fingerprint density at radius 3 is 2.86 bits per heavy atom. The molecule has 0 aliphatic rings. The maximum Gasteiger partial charge on any atom is 0.257 e. The summed E-state index contributed by atoms with van der Waals surface area (Å²) in [5.74, 6) is 1.19. The number of benzene rings is 1. The summed E-state index contributed by atoms with van der Waals surface area (Å²) < 4.78 is 5.68. The molecule has 0 aliphatic heterocycles. The van der Waals surface area contributed by atoms with Crippen molar-refractivity contribution in [3.8, 4) is 5.75 Å². The van der Waals surface area contributed by atoms with Crippen LogP contribution in [-0.4, -0.2) is 17.5 Å². The molecule has 110 valence electrons. The SMILES string of the molecule is CC(C)CCOc1cccc(NC(=O)c2cccnc2)c1. The lowest BCUT2D eigenvalue weighted by Gasteiger charge is -2.10. The zero-order chi connectivity index (χ0) is 15.1. The van der Waals surface area contributed by atoms with E-state index in [4.69, 9.17) is 4.74 Å². The summed E-state index contributed by atoms with van der Waals surface area (Å²) in [4.78, 5) is 16.0. The molecule has 0 saturated carbocycles. The van der Waals surface area contributed by atoms with E-state index in [0.717, 1.165) is 12.2 Å². The highest BCUT2D eigenvalue weighted by Gasteiger charge is 2.06. The Bertz CT molecular complexity index is 582. The maximum absolute atomic E-state index is 12.0. The maximum atomic E-state index is 12.0. The number of anilines is 1. The van der Waals surface area contributed by atoms with Crippen molar-refractivity contribution in [3.05, 3.63) is 54.4 Å². The molecule has 4 nitrogen and oxygen atoms in total. The van der Waals surface area contributed by atoms with E-state index < -0.39 is 0 Å². The summed E-state index contributed by atoms with van der Waals surface area (Å²) in [5, 5.41) is 2.84. The molecule has 0 spiro atoms. The molecule has 1 heterocycles. The average Bonchev–Trinajstić information content (AvgIpc) is 2.48. The molecule has 1 N–H and O–H groups in total. The molecule has 2 aromatic rings. The lowest BCUT2D eigenvalue weighted by Crippen LogP contribution is -2.12. The van der Waals surface area contributed by atoms with Crippen LogP contribution in [0.4, 0.5) is 5.69 Å². The molecule has 0 unspecified atom stereocenters. The van der Waals surface area contributed by atoms with Crippen molar-refractivity contribution < 1.29 is 9.53 Å². The van der Waals surface area contributed by atoms with E-state index in [9.17, 15) is 4.79 Å². The smallest absolute Gasteiger partial charge is 0.257 e. The van der Waals surface area contributed by atoms with Crippen molar-refractivity contribution in [2.45, 2.75) is 20.3 Å². The minimum Gasteiger partial charge on any atom is -0.494 e. The Morgan fingerprint density at radius 1 is 1.29 bits per heavy atom. The predicted molar refractivity (Wildman–Crippen MR) is 83.6 cm³/mol. The monoisotopic (exact) mass is 284 g/mol. The van der Waals surface area contributed by atoms with E-state index >= 15 is 0 Å². The highest BCUT2D eigenvalue weighted by molar-refractivity contribution is 6.04. The second-order valence-electron chi connectivity index (χ2n) is 5.25. The molecule has 0 radical (unpaired) electrons. The van der Waals surface area contributed by atoms with Crippen molar-refractivity contribution in [1.82, 2.24) is 4.98 Å². The van der Waals surface area contributed by atoms with Crippen LogP contribution in [-0.2, 0) is 0 Å². The molecule has 0 fully saturated rings. The normalized spacial score (nSPS) is 10.4. The molecule has 1 aromatic carbocycles. The van der Waals surface area contributed by atoms with E-state index in [0.29, 0.717) is 23.8 Å². The van der Waals surface area contributed by atoms with Gasteiger partial charge in [-0.2, -0.15) is 0 Å². The summed E-state index contributed by atoms with van der Waals surface area (Å²) in [5.41, 5.74) is 1.24. The number of hydrogen-bond acceptors (Lipinski definition) is 3. The lowest BCUT2D eigenvalue weighted by atomic mass is 10.1. The summed E-state index contributed by atoms with van der Waals surface area (Å²) in [6.45, 7) is 5.00. The quantitative estimate of drug-likeness (QED) is 0.878. The van der Waals surface area contributed by atoms with Crippen LogP contribution in [0.3, 0.4) is 0 Å². The van der Waals surface area contributed by atoms with Crippen LogP contribution in [0.2, 0.25) is 0 Å². The molecular weight excluding hydrogens is 264 g/mol. The Kier molecular flexibility index (Phi) is 5.32.